The number of ether oxygens (including phenoxy) is 1. The van der Waals surface area contributed by atoms with Gasteiger partial charge in [0.1, 0.15) is 11.5 Å². The SMILES string of the molecule is Cc1cc(Cl)ccc1Oc1ccc(C(C)O)c(Cl)c1. The van der Waals surface area contributed by atoms with Crippen molar-refractivity contribution < 1.29 is 9.84 Å². The molecule has 0 fully saturated rings. The fourth-order valence-electron chi connectivity index (χ4n) is 1.76. The lowest BCUT2D eigenvalue weighted by Gasteiger charge is -2.12. The van der Waals surface area contributed by atoms with Crippen LogP contribution in [0.2, 0.25) is 10.0 Å². The van der Waals surface area contributed by atoms with Crippen molar-refractivity contribution in [3.63, 3.8) is 0 Å². The first-order valence-corrected chi connectivity index (χ1v) is 6.64. The molecule has 1 atom stereocenters. The van der Waals surface area contributed by atoms with Crippen LogP contribution in [0, 0.1) is 6.92 Å². The number of hydrogen-bond donors (Lipinski definition) is 1. The maximum absolute atomic E-state index is 9.52. The van der Waals surface area contributed by atoms with E-state index in [0.29, 0.717) is 21.4 Å². The van der Waals surface area contributed by atoms with Gasteiger partial charge in [0, 0.05) is 5.02 Å². The van der Waals surface area contributed by atoms with Gasteiger partial charge in [0.05, 0.1) is 11.1 Å². The summed E-state index contributed by atoms with van der Waals surface area (Å²) in [6.07, 6.45) is -0.598. The minimum Gasteiger partial charge on any atom is -0.457 e. The third kappa shape index (κ3) is 3.41. The third-order valence-electron chi connectivity index (χ3n) is 2.79. The van der Waals surface area contributed by atoms with Crippen molar-refractivity contribution in [1.29, 1.82) is 0 Å². The molecule has 100 valence electrons. The van der Waals surface area contributed by atoms with Gasteiger partial charge in [-0.1, -0.05) is 29.3 Å². The zero-order valence-electron chi connectivity index (χ0n) is 10.7. The molecule has 0 spiro atoms. The quantitative estimate of drug-likeness (QED) is 0.849. The van der Waals surface area contributed by atoms with Crippen LogP contribution >= 0.6 is 23.2 Å². The first-order valence-electron chi connectivity index (χ1n) is 5.89. The summed E-state index contributed by atoms with van der Waals surface area (Å²) in [5, 5.41) is 10.7. The molecule has 19 heavy (non-hydrogen) atoms. The molecule has 0 bridgehead atoms. The van der Waals surface area contributed by atoms with Crippen molar-refractivity contribution in [2.45, 2.75) is 20.0 Å². The van der Waals surface area contributed by atoms with E-state index in [1.54, 1.807) is 31.2 Å². The van der Waals surface area contributed by atoms with Gasteiger partial charge in [0.2, 0.25) is 0 Å². The molecule has 0 saturated carbocycles. The van der Waals surface area contributed by atoms with Crippen LogP contribution in [0.1, 0.15) is 24.2 Å². The van der Waals surface area contributed by atoms with Gasteiger partial charge in [0.15, 0.2) is 0 Å². The highest BCUT2D eigenvalue weighted by Gasteiger charge is 2.09. The molecular weight excluding hydrogens is 283 g/mol. The van der Waals surface area contributed by atoms with E-state index in [-0.39, 0.29) is 0 Å². The van der Waals surface area contributed by atoms with Crippen LogP contribution in [-0.2, 0) is 0 Å². The van der Waals surface area contributed by atoms with Crippen molar-refractivity contribution in [3.05, 3.63) is 57.6 Å². The van der Waals surface area contributed by atoms with Crippen LogP contribution < -0.4 is 4.74 Å². The molecule has 4 heteroatoms. The Morgan fingerprint density at radius 1 is 1.11 bits per heavy atom. The second-order valence-corrected chi connectivity index (χ2v) is 5.21. The van der Waals surface area contributed by atoms with E-state index in [2.05, 4.69) is 0 Å². The van der Waals surface area contributed by atoms with Crippen LogP contribution in [0.4, 0.5) is 0 Å². The fraction of sp³-hybridized carbons (Fsp3) is 0.200. The van der Waals surface area contributed by atoms with E-state index in [9.17, 15) is 5.11 Å². The highest BCUT2D eigenvalue weighted by molar-refractivity contribution is 6.31. The summed E-state index contributed by atoms with van der Waals surface area (Å²) in [5.41, 5.74) is 1.63. The lowest BCUT2D eigenvalue weighted by atomic mass is 10.1. The van der Waals surface area contributed by atoms with Gasteiger partial charge in [-0.15, -0.1) is 0 Å². The predicted molar refractivity (Wildman–Crippen MR) is 78.3 cm³/mol. The smallest absolute Gasteiger partial charge is 0.130 e. The van der Waals surface area contributed by atoms with Gasteiger partial charge in [-0.3, -0.25) is 0 Å². The molecule has 0 aliphatic carbocycles. The summed E-state index contributed by atoms with van der Waals surface area (Å²) in [6.45, 7) is 3.60. The standard InChI is InChI=1S/C15H14Cl2O2/c1-9-7-11(16)3-6-15(9)19-12-4-5-13(10(2)18)14(17)8-12/h3-8,10,18H,1-2H3. The number of aryl methyl sites for hydroxylation is 1. The maximum atomic E-state index is 9.52. The molecule has 2 rings (SSSR count). The molecule has 0 aliphatic rings. The Morgan fingerprint density at radius 3 is 2.42 bits per heavy atom. The molecule has 2 aromatic rings. The van der Waals surface area contributed by atoms with E-state index in [4.69, 9.17) is 27.9 Å². The molecule has 1 unspecified atom stereocenters. The van der Waals surface area contributed by atoms with Crippen molar-refractivity contribution in [1.82, 2.24) is 0 Å². The van der Waals surface area contributed by atoms with Crippen LogP contribution in [0.3, 0.4) is 0 Å². The highest BCUT2D eigenvalue weighted by Crippen LogP contribution is 2.31. The second kappa shape index (κ2) is 5.83. The van der Waals surface area contributed by atoms with Gasteiger partial charge in [-0.2, -0.15) is 0 Å². The summed E-state index contributed by atoms with van der Waals surface area (Å²) in [5.74, 6) is 1.35. The number of aliphatic hydroxyl groups excluding tert-OH is 1. The van der Waals surface area contributed by atoms with Crippen LogP contribution in [-0.4, -0.2) is 5.11 Å². The lowest BCUT2D eigenvalue weighted by Crippen LogP contribution is -1.93. The van der Waals surface area contributed by atoms with Crippen molar-refractivity contribution in [2.75, 3.05) is 0 Å². The summed E-state index contributed by atoms with van der Waals surface area (Å²) in [4.78, 5) is 0. The van der Waals surface area contributed by atoms with Crippen molar-refractivity contribution >= 4 is 23.2 Å². The molecule has 1 N–H and O–H groups in total. The van der Waals surface area contributed by atoms with Gasteiger partial charge in [0.25, 0.3) is 0 Å². The Morgan fingerprint density at radius 2 is 1.84 bits per heavy atom. The Kier molecular flexibility index (Phi) is 4.35. The number of halogens is 2. The molecule has 2 aromatic carbocycles. The topological polar surface area (TPSA) is 29.5 Å². The number of benzene rings is 2. The molecule has 0 aromatic heterocycles. The van der Waals surface area contributed by atoms with Crippen LogP contribution in [0.25, 0.3) is 0 Å². The molecular formula is C15H14Cl2O2. The zero-order chi connectivity index (χ0) is 14.0. The molecule has 0 aliphatic heterocycles. The van der Waals surface area contributed by atoms with E-state index in [1.165, 1.54) is 0 Å². The van der Waals surface area contributed by atoms with Crippen LogP contribution in [0.5, 0.6) is 11.5 Å². The minimum atomic E-state index is -0.598. The first kappa shape index (κ1) is 14.2. The molecule has 2 nitrogen and oxygen atoms in total. The fourth-order valence-corrected chi connectivity index (χ4v) is 2.32. The van der Waals surface area contributed by atoms with E-state index >= 15 is 0 Å². The summed E-state index contributed by atoms with van der Waals surface area (Å²) < 4.78 is 5.75. The van der Waals surface area contributed by atoms with Crippen molar-refractivity contribution in [3.8, 4) is 11.5 Å². The normalized spacial score (nSPS) is 12.3. The zero-order valence-corrected chi connectivity index (χ0v) is 12.2. The first-order chi connectivity index (χ1) is 8.97. The molecule has 0 saturated heterocycles. The lowest BCUT2D eigenvalue weighted by molar-refractivity contribution is 0.199. The number of rotatable bonds is 3. The molecule has 0 amide bonds. The summed E-state index contributed by atoms with van der Waals surface area (Å²) >= 11 is 12.0. The molecule has 0 heterocycles. The maximum Gasteiger partial charge on any atom is 0.130 e. The minimum absolute atomic E-state index is 0.485. The number of aliphatic hydroxyl groups is 1. The molecule has 0 radical (unpaired) electrons. The van der Waals surface area contributed by atoms with Gasteiger partial charge < -0.3 is 9.84 Å². The monoisotopic (exact) mass is 296 g/mol. The van der Waals surface area contributed by atoms with E-state index in [1.807, 2.05) is 19.1 Å². The predicted octanol–water partition coefficient (Wildman–Crippen LogP) is 5.15. The average molecular weight is 297 g/mol. The summed E-state index contributed by atoms with van der Waals surface area (Å²) in [6, 6.07) is 10.7. The average Bonchev–Trinajstić information content (AvgIpc) is 2.32. The Labute approximate surface area is 122 Å². The Balaban J connectivity index is 2.26. The van der Waals surface area contributed by atoms with Gasteiger partial charge in [-0.05, 0) is 55.3 Å². The van der Waals surface area contributed by atoms with E-state index < -0.39 is 6.10 Å². The summed E-state index contributed by atoms with van der Waals surface area (Å²) in [7, 11) is 0. The Bertz CT molecular complexity index is 595. The third-order valence-corrected chi connectivity index (χ3v) is 3.35. The van der Waals surface area contributed by atoms with Crippen molar-refractivity contribution in [2.24, 2.45) is 0 Å². The second-order valence-electron chi connectivity index (χ2n) is 4.37. The van der Waals surface area contributed by atoms with Gasteiger partial charge >= 0.3 is 0 Å². The van der Waals surface area contributed by atoms with Gasteiger partial charge in [-0.25, -0.2) is 0 Å². The number of hydrogen-bond acceptors (Lipinski definition) is 2. The Hall–Kier alpha value is -1.22. The highest BCUT2D eigenvalue weighted by atomic mass is 35.5. The van der Waals surface area contributed by atoms with E-state index in [0.717, 1.165) is 11.3 Å². The van der Waals surface area contributed by atoms with Crippen LogP contribution in [0.15, 0.2) is 36.4 Å². The largest absolute Gasteiger partial charge is 0.457 e.